The Hall–Kier alpha value is -2.31. The summed E-state index contributed by atoms with van der Waals surface area (Å²) in [7, 11) is -4.36. The van der Waals surface area contributed by atoms with Gasteiger partial charge in [-0.3, -0.25) is 4.79 Å². The summed E-state index contributed by atoms with van der Waals surface area (Å²) in [4.78, 5) is 24.1. The van der Waals surface area contributed by atoms with E-state index in [1.807, 2.05) is 0 Å². The van der Waals surface area contributed by atoms with Gasteiger partial charge in [-0.1, -0.05) is 19.3 Å². The van der Waals surface area contributed by atoms with Crippen LogP contribution in [0.5, 0.6) is 0 Å². The van der Waals surface area contributed by atoms with E-state index in [9.17, 15) is 31.9 Å². The number of alkyl halides is 2. The highest BCUT2D eigenvalue weighted by atomic mass is 32.2. The van der Waals surface area contributed by atoms with Gasteiger partial charge in [-0.15, -0.1) is 0 Å². The van der Waals surface area contributed by atoms with Gasteiger partial charge in [-0.05, 0) is 64.7 Å². The zero-order valence-electron chi connectivity index (χ0n) is 20.4. The highest BCUT2D eigenvalue weighted by Gasteiger charge is 2.33. The number of rotatable bonds is 10. The second kappa shape index (κ2) is 12.1. The lowest BCUT2D eigenvalue weighted by molar-refractivity contribution is 0.0367. The third-order valence-electron chi connectivity index (χ3n) is 5.57. The Morgan fingerprint density at radius 1 is 1.17 bits per heavy atom. The van der Waals surface area contributed by atoms with Gasteiger partial charge in [-0.2, -0.15) is 0 Å². The topological polar surface area (TPSA) is 134 Å². The molecule has 0 radical (unpaired) electrons. The van der Waals surface area contributed by atoms with Crippen LogP contribution in [0.2, 0.25) is 0 Å². The number of ether oxygens (including phenoxy) is 1. The predicted molar refractivity (Wildman–Crippen MR) is 127 cm³/mol. The van der Waals surface area contributed by atoms with Gasteiger partial charge in [0.2, 0.25) is 10.0 Å². The first-order valence-corrected chi connectivity index (χ1v) is 13.0. The highest BCUT2D eigenvalue weighted by Crippen LogP contribution is 2.29. The third kappa shape index (κ3) is 9.01. The summed E-state index contributed by atoms with van der Waals surface area (Å²) in [6, 6.07) is 2.95. The number of aliphatic hydroxyl groups excluding tert-OH is 1. The van der Waals surface area contributed by atoms with Crippen LogP contribution < -0.4 is 15.4 Å². The van der Waals surface area contributed by atoms with Crippen molar-refractivity contribution in [1.29, 1.82) is 0 Å². The van der Waals surface area contributed by atoms with E-state index in [0.717, 1.165) is 45.1 Å². The van der Waals surface area contributed by atoms with Crippen LogP contribution >= 0.6 is 0 Å². The Morgan fingerprint density at radius 2 is 1.80 bits per heavy atom. The molecule has 1 amide bonds. The molecule has 1 fully saturated rings. The molecule has 0 spiro atoms. The van der Waals surface area contributed by atoms with E-state index in [-0.39, 0.29) is 17.2 Å². The predicted octanol–water partition coefficient (Wildman–Crippen LogP) is 3.64. The lowest BCUT2D eigenvalue weighted by Gasteiger charge is -2.35. The van der Waals surface area contributed by atoms with Crippen molar-refractivity contribution in [2.24, 2.45) is 5.92 Å². The Morgan fingerprint density at radius 3 is 2.34 bits per heavy atom. The number of aliphatic hydroxyl groups is 1. The van der Waals surface area contributed by atoms with Crippen molar-refractivity contribution in [3.63, 3.8) is 0 Å². The number of anilines is 1. The first-order chi connectivity index (χ1) is 16.2. The van der Waals surface area contributed by atoms with E-state index in [1.54, 1.807) is 25.5 Å². The summed E-state index contributed by atoms with van der Waals surface area (Å²) in [5.74, 6) is -0.625. The average Bonchev–Trinajstić information content (AvgIpc) is 2.75. The lowest BCUT2D eigenvalue weighted by Crippen LogP contribution is -2.52. The van der Waals surface area contributed by atoms with E-state index in [4.69, 9.17) is 4.74 Å². The summed E-state index contributed by atoms with van der Waals surface area (Å²) in [5.41, 5.74) is -0.726. The maximum Gasteiger partial charge on any atom is 0.408 e. The summed E-state index contributed by atoms with van der Waals surface area (Å²) in [6.07, 6.45) is -0.273. The normalized spacial score (nSPS) is 17.0. The summed E-state index contributed by atoms with van der Waals surface area (Å²) in [5, 5.41) is 16.6. The van der Waals surface area contributed by atoms with Crippen LogP contribution in [0.25, 0.3) is 0 Å². The molecule has 1 saturated carbocycles. The number of nitrogens with one attached hydrogen (secondary N) is 3. The number of sulfonamides is 1. The molecule has 0 saturated heterocycles. The van der Waals surface area contributed by atoms with Gasteiger partial charge in [0.25, 0.3) is 6.43 Å². The van der Waals surface area contributed by atoms with E-state index in [0.29, 0.717) is 0 Å². The number of carbonyl (C=O) groups is 2. The molecule has 0 heterocycles. The van der Waals surface area contributed by atoms with Crippen LogP contribution in [0.4, 0.5) is 19.3 Å². The van der Waals surface area contributed by atoms with Gasteiger partial charge in [0.05, 0.1) is 17.5 Å². The van der Waals surface area contributed by atoms with Gasteiger partial charge < -0.3 is 20.5 Å². The van der Waals surface area contributed by atoms with Crippen LogP contribution in [0.15, 0.2) is 23.1 Å². The Kier molecular flexibility index (Phi) is 9.99. The van der Waals surface area contributed by atoms with Gasteiger partial charge in [0.1, 0.15) is 11.8 Å². The van der Waals surface area contributed by atoms with E-state index in [1.165, 1.54) is 12.1 Å². The summed E-state index contributed by atoms with van der Waals surface area (Å²) < 4.78 is 56.9. The van der Waals surface area contributed by atoms with Crippen molar-refractivity contribution in [3.8, 4) is 0 Å². The minimum Gasteiger partial charge on any atom is -0.444 e. The molecule has 1 aliphatic rings. The van der Waals surface area contributed by atoms with Crippen molar-refractivity contribution >= 4 is 27.6 Å². The van der Waals surface area contributed by atoms with Gasteiger partial charge in [0.15, 0.2) is 5.78 Å². The first-order valence-electron chi connectivity index (χ1n) is 11.6. The average molecular weight is 520 g/mol. The minimum absolute atomic E-state index is 0.0238. The second-order valence-electron chi connectivity index (χ2n) is 9.67. The molecule has 0 aliphatic heterocycles. The number of halogens is 2. The molecular weight excluding hydrogens is 484 g/mol. The second-order valence-corrected chi connectivity index (χ2v) is 11.4. The van der Waals surface area contributed by atoms with Gasteiger partial charge in [0, 0.05) is 11.3 Å². The number of ketones is 1. The monoisotopic (exact) mass is 519 g/mol. The van der Waals surface area contributed by atoms with Crippen LogP contribution in [0, 0.1) is 5.92 Å². The van der Waals surface area contributed by atoms with Crippen LogP contribution in [-0.2, 0) is 14.8 Å². The van der Waals surface area contributed by atoms with Crippen molar-refractivity contribution in [1.82, 2.24) is 10.0 Å². The quantitative estimate of drug-likeness (QED) is 0.274. The third-order valence-corrected chi connectivity index (χ3v) is 7.05. The molecule has 0 unspecified atom stereocenters. The summed E-state index contributed by atoms with van der Waals surface area (Å²) in [6.45, 7) is 5.25. The molecule has 4 N–H and O–H groups in total. The minimum atomic E-state index is -4.36. The van der Waals surface area contributed by atoms with Gasteiger partial charge >= 0.3 is 6.09 Å². The maximum absolute atomic E-state index is 12.5. The first kappa shape index (κ1) is 28.9. The number of hydrogen-bond donors (Lipinski definition) is 4. The molecule has 9 nitrogen and oxygen atoms in total. The maximum atomic E-state index is 12.5. The van der Waals surface area contributed by atoms with E-state index >= 15 is 0 Å². The number of amides is 1. The molecule has 0 aromatic heterocycles. The molecule has 1 aliphatic carbocycles. The van der Waals surface area contributed by atoms with Gasteiger partial charge in [-0.25, -0.2) is 26.7 Å². The number of hydrogen-bond acceptors (Lipinski definition) is 7. The van der Waals surface area contributed by atoms with Crippen molar-refractivity contribution in [3.05, 3.63) is 23.8 Å². The number of alkyl carbamates (subject to hydrolysis) is 1. The van der Waals surface area contributed by atoms with Crippen molar-refractivity contribution in [2.45, 2.75) is 89.0 Å². The standard InChI is InChI=1S/C23H35F2N3O6S/c1-14(29)17-12-16(10-11-18(17)35(32,33)26-13-19(24)25)27-21(30)20(15-8-6-5-7-9-15)28-22(31)34-23(2,3)4/h10-12,15,19-21,26-27,30H,5-9,13H2,1-4H3,(H,28,31)/t20-,21-/m0/s1. The van der Waals surface area contributed by atoms with E-state index < -0.39 is 57.6 Å². The molecule has 2 rings (SSSR count). The SMILES string of the molecule is CC(=O)c1cc(N[C@@H](O)[C@@H](NC(=O)OC(C)(C)C)C2CCCCC2)ccc1S(=O)(=O)NCC(F)F. The molecule has 35 heavy (non-hydrogen) atoms. The zero-order chi connectivity index (χ0) is 26.4. The van der Waals surface area contributed by atoms with E-state index in [2.05, 4.69) is 10.6 Å². The smallest absolute Gasteiger partial charge is 0.408 e. The molecular formula is C23H35F2N3O6S. The fourth-order valence-electron chi connectivity index (χ4n) is 4.03. The highest BCUT2D eigenvalue weighted by molar-refractivity contribution is 7.89. The fraction of sp³-hybridized carbons (Fsp3) is 0.652. The number of Topliss-reactive ketones (excluding diaryl/α,β-unsaturated/α-hetero) is 1. The largest absolute Gasteiger partial charge is 0.444 e. The van der Waals surface area contributed by atoms with Crippen LogP contribution in [0.3, 0.4) is 0 Å². The van der Waals surface area contributed by atoms with Crippen molar-refractivity contribution in [2.75, 3.05) is 11.9 Å². The molecule has 198 valence electrons. The molecule has 1 aromatic carbocycles. The van der Waals surface area contributed by atoms with Crippen LogP contribution in [-0.4, -0.2) is 56.2 Å². The molecule has 1 aromatic rings. The molecule has 12 heteroatoms. The lowest BCUT2D eigenvalue weighted by atomic mass is 9.83. The molecule has 2 atom stereocenters. The Balaban J connectivity index is 2.27. The molecule has 0 bridgehead atoms. The number of carbonyl (C=O) groups excluding carboxylic acids is 2. The number of benzene rings is 1. The Labute approximate surface area is 205 Å². The zero-order valence-corrected chi connectivity index (χ0v) is 21.3. The summed E-state index contributed by atoms with van der Waals surface area (Å²) >= 11 is 0. The van der Waals surface area contributed by atoms with Crippen molar-refractivity contribution < 1.29 is 36.6 Å². The fourth-order valence-corrected chi connectivity index (χ4v) is 5.27. The van der Waals surface area contributed by atoms with Crippen LogP contribution in [0.1, 0.15) is 70.2 Å². The Bertz CT molecular complexity index is 991.